The Hall–Kier alpha value is -1.55. The normalized spacial score (nSPS) is 16.6. The highest BCUT2D eigenvalue weighted by atomic mass is 32.1. The third kappa shape index (κ3) is 2.08. The monoisotopic (exact) mass is 260 g/mol. The van der Waals surface area contributed by atoms with Gasteiger partial charge in [0.1, 0.15) is 11.4 Å². The molecular formula is C14H16N2OS. The van der Waals surface area contributed by atoms with Gasteiger partial charge in [0.2, 0.25) is 0 Å². The fraction of sp³-hybridized carbons (Fsp3) is 0.357. The van der Waals surface area contributed by atoms with E-state index in [1.54, 1.807) is 11.3 Å². The summed E-state index contributed by atoms with van der Waals surface area (Å²) in [6.07, 6.45) is 0. The van der Waals surface area contributed by atoms with Crippen LogP contribution in [0.5, 0.6) is 5.75 Å². The standard InChI is InChI=1S/C14H16N2OS/c1-9-16-12(7-18-9)10-4-5-11-13(6-10)17-14(2,3)8-15-11/h4-7,15H,8H2,1-3H3. The second-order valence-corrected chi connectivity index (χ2v) is 6.24. The Bertz CT molecular complexity index is 589. The molecule has 0 atom stereocenters. The Labute approximate surface area is 111 Å². The number of anilines is 1. The van der Waals surface area contributed by atoms with Crippen molar-refractivity contribution in [1.82, 2.24) is 4.98 Å². The summed E-state index contributed by atoms with van der Waals surface area (Å²) in [5.41, 5.74) is 3.03. The zero-order valence-electron chi connectivity index (χ0n) is 10.8. The van der Waals surface area contributed by atoms with Crippen molar-refractivity contribution in [3.8, 4) is 17.0 Å². The van der Waals surface area contributed by atoms with Gasteiger partial charge in [-0.25, -0.2) is 4.98 Å². The van der Waals surface area contributed by atoms with Crippen LogP contribution in [-0.2, 0) is 0 Å². The summed E-state index contributed by atoms with van der Waals surface area (Å²) < 4.78 is 6.00. The smallest absolute Gasteiger partial charge is 0.143 e. The van der Waals surface area contributed by atoms with Gasteiger partial charge in [-0.3, -0.25) is 0 Å². The Morgan fingerprint density at radius 3 is 2.94 bits per heavy atom. The molecule has 1 aliphatic heterocycles. The Balaban J connectivity index is 2.00. The van der Waals surface area contributed by atoms with Crippen LogP contribution in [0.1, 0.15) is 18.9 Å². The molecule has 4 heteroatoms. The van der Waals surface area contributed by atoms with Crippen LogP contribution in [-0.4, -0.2) is 17.1 Å². The number of thiazole rings is 1. The van der Waals surface area contributed by atoms with Crippen molar-refractivity contribution in [3.63, 3.8) is 0 Å². The molecule has 1 N–H and O–H groups in total. The van der Waals surface area contributed by atoms with Crippen molar-refractivity contribution in [2.75, 3.05) is 11.9 Å². The SMILES string of the molecule is Cc1nc(-c2ccc3c(c2)OC(C)(C)CN3)cs1. The van der Waals surface area contributed by atoms with Crippen molar-refractivity contribution in [1.29, 1.82) is 0 Å². The van der Waals surface area contributed by atoms with Crippen molar-refractivity contribution >= 4 is 17.0 Å². The van der Waals surface area contributed by atoms with Gasteiger partial charge in [0.25, 0.3) is 0 Å². The Morgan fingerprint density at radius 1 is 1.39 bits per heavy atom. The third-order valence-electron chi connectivity index (χ3n) is 2.99. The maximum absolute atomic E-state index is 6.00. The highest BCUT2D eigenvalue weighted by Gasteiger charge is 2.26. The lowest BCUT2D eigenvalue weighted by molar-refractivity contribution is 0.116. The number of hydrogen-bond donors (Lipinski definition) is 1. The van der Waals surface area contributed by atoms with Crippen LogP contribution in [0.4, 0.5) is 5.69 Å². The topological polar surface area (TPSA) is 34.1 Å². The fourth-order valence-electron chi connectivity index (χ4n) is 2.05. The number of nitrogens with zero attached hydrogens (tertiary/aromatic N) is 1. The number of hydrogen-bond acceptors (Lipinski definition) is 4. The number of benzene rings is 1. The van der Waals surface area contributed by atoms with Gasteiger partial charge in [-0.15, -0.1) is 11.3 Å². The first-order chi connectivity index (χ1) is 8.53. The first-order valence-corrected chi connectivity index (χ1v) is 6.91. The molecular weight excluding hydrogens is 244 g/mol. The molecule has 0 amide bonds. The zero-order chi connectivity index (χ0) is 12.8. The molecule has 0 saturated heterocycles. The molecule has 94 valence electrons. The molecule has 0 fully saturated rings. The molecule has 0 unspecified atom stereocenters. The first kappa shape index (κ1) is 11.5. The molecule has 0 radical (unpaired) electrons. The summed E-state index contributed by atoms with van der Waals surface area (Å²) in [5.74, 6) is 0.911. The van der Waals surface area contributed by atoms with E-state index in [0.717, 1.165) is 34.2 Å². The molecule has 1 aliphatic rings. The first-order valence-electron chi connectivity index (χ1n) is 6.03. The summed E-state index contributed by atoms with van der Waals surface area (Å²) in [7, 11) is 0. The average molecular weight is 260 g/mol. The van der Waals surface area contributed by atoms with Crippen LogP contribution in [0.3, 0.4) is 0 Å². The quantitative estimate of drug-likeness (QED) is 0.849. The predicted octanol–water partition coefficient (Wildman–Crippen LogP) is 3.70. The fourth-order valence-corrected chi connectivity index (χ4v) is 2.67. The number of ether oxygens (including phenoxy) is 1. The van der Waals surface area contributed by atoms with Crippen LogP contribution in [0, 0.1) is 6.92 Å². The van der Waals surface area contributed by atoms with Crippen LogP contribution in [0.15, 0.2) is 23.6 Å². The second-order valence-electron chi connectivity index (χ2n) is 5.18. The Morgan fingerprint density at radius 2 is 2.22 bits per heavy atom. The minimum Gasteiger partial charge on any atom is -0.484 e. The number of rotatable bonds is 1. The second kappa shape index (κ2) is 3.99. The van der Waals surface area contributed by atoms with E-state index in [-0.39, 0.29) is 5.60 Å². The maximum Gasteiger partial charge on any atom is 0.143 e. The minimum absolute atomic E-state index is 0.163. The molecule has 0 saturated carbocycles. The lowest BCUT2D eigenvalue weighted by Gasteiger charge is -2.33. The van der Waals surface area contributed by atoms with E-state index >= 15 is 0 Å². The summed E-state index contributed by atoms with van der Waals surface area (Å²) in [6, 6.07) is 6.22. The van der Waals surface area contributed by atoms with E-state index in [0.29, 0.717) is 0 Å². The summed E-state index contributed by atoms with van der Waals surface area (Å²) >= 11 is 1.67. The molecule has 0 bridgehead atoms. The minimum atomic E-state index is -0.163. The van der Waals surface area contributed by atoms with E-state index in [2.05, 4.69) is 47.7 Å². The van der Waals surface area contributed by atoms with Gasteiger partial charge in [-0.2, -0.15) is 0 Å². The summed E-state index contributed by atoms with van der Waals surface area (Å²) in [5, 5.41) is 6.56. The lowest BCUT2D eigenvalue weighted by Crippen LogP contribution is -2.39. The molecule has 3 nitrogen and oxygen atoms in total. The molecule has 2 aromatic rings. The third-order valence-corrected chi connectivity index (χ3v) is 3.76. The average Bonchev–Trinajstić information content (AvgIpc) is 2.74. The highest BCUT2D eigenvalue weighted by Crippen LogP contribution is 2.36. The lowest BCUT2D eigenvalue weighted by atomic mass is 10.1. The summed E-state index contributed by atoms with van der Waals surface area (Å²) in [4.78, 5) is 4.51. The van der Waals surface area contributed by atoms with E-state index < -0.39 is 0 Å². The van der Waals surface area contributed by atoms with Crippen molar-refractivity contribution in [2.45, 2.75) is 26.4 Å². The molecule has 0 aliphatic carbocycles. The van der Waals surface area contributed by atoms with Gasteiger partial charge in [0.05, 0.1) is 22.9 Å². The van der Waals surface area contributed by atoms with Crippen LogP contribution in [0.25, 0.3) is 11.3 Å². The van der Waals surface area contributed by atoms with E-state index in [4.69, 9.17) is 4.74 Å². The van der Waals surface area contributed by atoms with Crippen molar-refractivity contribution in [2.24, 2.45) is 0 Å². The number of fused-ring (bicyclic) bond motifs is 1. The van der Waals surface area contributed by atoms with E-state index in [1.165, 1.54) is 0 Å². The van der Waals surface area contributed by atoms with Gasteiger partial charge in [-0.1, -0.05) is 6.07 Å². The molecule has 1 aromatic carbocycles. The highest BCUT2D eigenvalue weighted by molar-refractivity contribution is 7.09. The largest absolute Gasteiger partial charge is 0.484 e. The number of nitrogens with one attached hydrogen (secondary N) is 1. The van der Waals surface area contributed by atoms with Gasteiger partial charge in [0.15, 0.2) is 0 Å². The number of aromatic nitrogens is 1. The van der Waals surface area contributed by atoms with Crippen LogP contribution < -0.4 is 10.1 Å². The summed E-state index contributed by atoms with van der Waals surface area (Å²) in [6.45, 7) is 7.02. The van der Waals surface area contributed by atoms with Gasteiger partial charge >= 0.3 is 0 Å². The van der Waals surface area contributed by atoms with Crippen molar-refractivity contribution < 1.29 is 4.74 Å². The van der Waals surface area contributed by atoms with Crippen LogP contribution in [0.2, 0.25) is 0 Å². The molecule has 3 rings (SSSR count). The molecule has 1 aromatic heterocycles. The van der Waals surface area contributed by atoms with E-state index in [1.807, 2.05) is 6.92 Å². The van der Waals surface area contributed by atoms with Gasteiger partial charge < -0.3 is 10.1 Å². The maximum atomic E-state index is 6.00. The van der Waals surface area contributed by atoms with E-state index in [9.17, 15) is 0 Å². The predicted molar refractivity (Wildman–Crippen MR) is 75.5 cm³/mol. The Kier molecular flexibility index (Phi) is 2.55. The zero-order valence-corrected chi connectivity index (χ0v) is 11.6. The molecule has 2 heterocycles. The molecule has 18 heavy (non-hydrogen) atoms. The van der Waals surface area contributed by atoms with Crippen molar-refractivity contribution in [3.05, 3.63) is 28.6 Å². The number of aryl methyl sites for hydroxylation is 1. The van der Waals surface area contributed by atoms with Crippen LogP contribution >= 0.6 is 11.3 Å². The van der Waals surface area contributed by atoms with Gasteiger partial charge in [-0.05, 0) is 32.9 Å². The molecule has 0 spiro atoms. The van der Waals surface area contributed by atoms with Gasteiger partial charge in [0, 0.05) is 10.9 Å².